The van der Waals surface area contributed by atoms with Crippen LogP contribution in [0, 0.1) is 0 Å². The minimum Gasteiger partial charge on any atom is -0.457 e. The van der Waals surface area contributed by atoms with Crippen LogP contribution in [0.15, 0.2) is 104 Å². The van der Waals surface area contributed by atoms with E-state index in [1.54, 1.807) is 0 Å². The molecule has 3 aromatic carbocycles. The molecule has 0 unspecified atom stereocenters. The fourth-order valence-corrected chi connectivity index (χ4v) is 5.18. The first-order valence-electron chi connectivity index (χ1n) is 13.0. The molecule has 38 heavy (non-hydrogen) atoms. The zero-order chi connectivity index (χ0) is 26.3. The second kappa shape index (κ2) is 9.54. The predicted molar refractivity (Wildman–Crippen MR) is 155 cm³/mol. The first-order chi connectivity index (χ1) is 18.4. The van der Waals surface area contributed by atoms with Crippen LogP contribution in [0.25, 0.3) is 11.1 Å². The van der Waals surface area contributed by atoms with Crippen LogP contribution in [0.4, 0.5) is 17.1 Å². The van der Waals surface area contributed by atoms with Crippen LogP contribution >= 0.6 is 0 Å². The number of nitrogens with zero attached hydrogens (tertiary/aromatic N) is 5. The van der Waals surface area contributed by atoms with Crippen molar-refractivity contribution in [2.75, 3.05) is 37.2 Å². The number of ether oxygens (including phenoxy) is 1. The van der Waals surface area contributed by atoms with Crippen molar-refractivity contribution >= 4 is 17.1 Å². The molecule has 1 aromatic heterocycles. The maximum absolute atomic E-state index is 6.53. The zero-order valence-corrected chi connectivity index (χ0v) is 22.4. The Morgan fingerprint density at radius 2 is 1.53 bits per heavy atom. The summed E-state index contributed by atoms with van der Waals surface area (Å²) in [5.74, 6) is 1.60. The number of fused-ring (bicyclic) bond motifs is 1. The van der Waals surface area contributed by atoms with Crippen LogP contribution < -0.4 is 14.5 Å². The van der Waals surface area contributed by atoms with Gasteiger partial charge in [-0.25, -0.2) is 0 Å². The number of anilines is 3. The maximum Gasteiger partial charge on any atom is 0.130 e. The largest absolute Gasteiger partial charge is 0.457 e. The molecular weight excluding hydrogens is 470 g/mol. The molecule has 2 aliphatic rings. The van der Waals surface area contributed by atoms with Crippen molar-refractivity contribution in [2.24, 2.45) is 0 Å². The first kappa shape index (κ1) is 24.1. The molecular formula is C32H33N5O. The number of hydrogen-bond donors (Lipinski definition) is 0. The average Bonchev–Trinajstić information content (AvgIpc) is 3.38. The van der Waals surface area contributed by atoms with Crippen molar-refractivity contribution in [1.82, 2.24) is 14.8 Å². The predicted octanol–water partition coefficient (Wildman–Crippen LogP) is 7.00. The molecule has 0 amide bonds. The van der Waals surface area contributed by atoms with Gasteiger partial charge in [-0.05, 0) is 80.1 Å². The summed E-state index contributed by atoms with van der Waals surface area (Å²) < 4.78 is 6.53. The van der Waals surface area contributed by atoms with Crippen molar-refractivity contribution < 1.29 is 4.74 Å². The van der Waals surface area contributed by atoms with E-state index < -0.39 is 0 Å². The fourth-order valence-electron chi connectivity index (χ4n) is 5.18. The third-order valence-electron chi connectivity index (χ3n) is 7.64. The number of aromatic nitrogens is 1. The summed E-state index contributed by atoms with van der Waals surface area (Å²) in [7, 11) is 4.25. The minimum absolute atomic E-state index is 0.0386. The summed E-state index contributed by atoms with van der Waals surface area (Å²) in [6.45, 7) is 6.16. The second-order valence-corrected chi connectivity index (χ2v) is 10.6. The molecule has 0 saturated carbocycles. The maximum atomic E-state index is 6.53. The van der Waals surface area contributed by atoms with E-state index >= 15 is 0 Å². The van der Waals surface area contributed by atoms with E-state index in [0.29, 0.717) is 0 Å². The number of para-hydroxylation sites is 1. The topological polar surface area (TPSA) is 35.1 Å². The molecule has 4 aromatic rings. The molecule has 0 radical (unpaired) electrons. The van der Waals surface area contributed by atoms with Gasteiger partial charge in [0.15, 0.2) is 0 Å². The number of hydrogen-bond acceptors (Lipinski definition) is 6. The van der Waals surface area contributed by atoms with Gasteiger partial charge in [-0.2, -0.15) is 0 Å². The molecule has 0 bridgehead atoms. The third-order valence-corrected chi connectivity index (χ3v) is 7.64. The summed E-state index contributed by atoms with van der Waals surface area (Å²) in [4.78, 5) is 13.3. The van der Waals surface area contributed by atoms with Crippen molar-refractivity contribution in [1.29, 1.82) is 0 Å². The van der Waals surface area contributed by atoms with E-state index in [0.717, 1.165) is 47.3 Å². The van der Waals surface area contributed by atoms with E-state index in [1.165, 1.54) is 11.3 Å². The van der Waals surface area contributed by atoms with Gasteiger partial charge in [0.1, 0.15) is 11.5 Å². The van der Waals surface area contributed by atoms with Gasteiger partial charge in [0.25, 0.3) is 0 Å². The van der Waals surface area contributed by atoms with Crippen molar-refractivity contribution in [3.05, 3.63) is 109 Å². The lowest BCUT2D eigenvalue weighted by Gasteiger charge is -2.47. The van der Waals surface area contributed by atoms with Gasteiger partial charge in [0.2, 0.25) is 0 Å². The molecule has 6 rings (SSSR count). The van der Waals surface area contributed by atoms with Crippen LogP contribution in [0.2, 0.25) is 0 Å². The number of rotatable bonds is 5. The lowest BCUT2D eigenvalue weighted by molar-refractivity contribution is 0.150. The summed E-state index contributed by atoms with van der Waals surface area (Å²) in [5, 5.41) is 0. The zero-order valence-electron chi connectivity index (χ0n) is 22.4. The number of pyridine rings is 1. The van der Waals surface area contributed by atoms with E-state index in [-0.39, 0.29) is 5.54 Å². The van der Waals surface area contributed by atoms with Crippen LogP contribution in [-0.4, -0.2) is 42.2 Å². The lowest BCUT2D eigenvalue weighted by Crippen LogP contribution is -2.49. The van der Waals surface area contributed by atoms with Crippen molar-refractivity contribution in [3.63, 3.8) is 0 Å². The van der Waals surface area contributed by atoms with Gasteiger partial charge in [0.05, 0.1) is 13.3 Å². The molecule has 6 heteroatoms. The Hall–Kier alpha value is -4.29. The first-order valence-corrected chi connectivity index (χ1v) is 13.0. The SMILES string of the molecule is CN1C=CN(c2cc(Oc3cccc(N4CN(C)C(C)(C)c5ccccc54)c3)cc(-c3ccncc3)c2)C1. The van der Waals surface area contributed by atoms with Crippen LogP contribution in [0.1, 0.15) is 19.4 Å². The van der Waals surface area contributed by atoms with Crippen molar-refractivity contribution in [2.45, 2.75) is 19.4 Å². The Balaban J connectivity index is 1.35. The molecule has 0 saturated heterocycles. The molecule has 6 nitrogen and oxygen atoms in total. The fraction of sp³-hybridized carbons (Fsp3) is 0.219. The lowest BCUT2D eigenvalue weighted by atomic mass is 9.88. The Bertz CT molecular complexity index is 1480. The Morgan fingerprint density at radius 3 is 2.32 bits per heavy atom. The van der Waals surface area contributed by atoms with Gasteiger partial charge in [-0.3, -0.25) is 9.88 Å². The summed E-state index contributed by atoms with van der Waals surface area (Å²) in [5.41, 5.74) is 6.90. The van der Waals surface area contributed by atoms with E-state index in [1.807, 2.05) is 30.6 Å². The highest BCUT2D eigenvalue weighted by atomic mass is 16.5. The normalized spacial score (nSPS) is 16.6. The molecule has 0 spiro atoms. The Morgan fingerprint density at radius 1 is 0.737 bits per heavy atom. The van der Waals surface area contributed by atoms with Gasteiger partial charge in [0, 0.05) is 66.6 Å². The highest BCUT2D eigenvalue weighted by Crippen LogP contribution is 2.43. The van der Waals surface area contributed by atoms with Crippen LogP contribution in [-0.2, 0) is 5.54 Å². The third kappa shape index (κ3) is 4.48. The average molecular weight is 504 g/mol. The molecule has 0 fully saturated rings. The highest BCUT2D eigenvalue weighted by Gasteiger charge is 2.35. The Labute approximate surface area is 225 Å². The quantitative estimate of drug-likeness (QED) is 0.292. The summed E-state index contributed by atoms with van der Waals surface area (Å²) in [6, 6.07) is 27.5. The standard InChI is InChI=1S/C32H33N5O/c1-32(2)30-10-5-6-11-31(30)37(23-35(32)4)26-8-7-9-28(20-26)38-29-19-25(24-12-14-33-15-13-24)18-27(21-29)36-17-16-34(3)22-36/h5-21H,22-23H2,1-4H3. The van der Waals surface area contributed by atoms with E-state index in [2.05, 4.69) is 126 Å². The van der Waals surface area contributed by atoms with Crippen LogP contribution in [0.3, 0.4) is 0 Å². The smallest absolute Gasteiger partial charge is 0.130 e. The van der Waals surface area contributed by atoms with Gasteiger partial charge < -0.3 is 19.4 Å². The molecule has 2 aliphatic heterocycles. The summed E-state index contributed by atoms with van der Waals surface area (Å²) in [6.07, 6.45) is 7.83. The molecule has 0 atom stereocenters. The molecule has 3 heterocycles. The molecule has 192 valence electrons. The second-order valence-electron chi connectivity index (χ2n) is 10.6. The van der Waals surface area contributed by atoms with Crippen molar-refractivity contribution in [3.8, 4) is 22.6 Å². The highest BCUT2D eigenvalue weighted by molar-refractivity contribution is 5.73. The molecule has 0 aliphatic carbocycles. The number of benzene rings is 3. The molecule has 0 N–H and O–H groups in total. The van der Waals surface area contributed by atoms with Gasteiger partial charge >= 0.3 is 0 Å². The van der Waals surface area contributed by atoms with E-state index in [4.69, 9.17) is 4.74 Å². The van der Waals surface area contributed by atoms with Gasteiger partial charge in [-0.15, -0.1) is 0 Å². The summed E-state index contributed by atoms with van der Waals surface area (Å²) >= 11 is 0. The minimum atomic E-state index is -0.0386. The Kier molecular flexibility index (Phi) is 6.04. The van der Waals surface area contributed by atoms with Crippen LogP contribution in [0.5, 0.6) is 11.5 Å². The monoisotopic (exact) mass is 503 g/mol. The van der Waals surface area contributed by atoms with E-state index in [9.17, 15) is 0 Å². The van der Waals surface area contributed by atoms with Gasteiger partial charge in [-0.1, -0.05) is 24.3 Å².